The largest absolute Gasteiger partial charge is 0.368 e. The summed E-state index contributed by atoms with van der Waals surface area (Å²) in [4.78, 5) is 0. The van der Waals surface area contributed by atoms with Crippen molar-refractivity contribution >= 4 is 24.9 Å². The van der Waals surface area contributed by atoms with Crippen LogP contribution in [-0.4, -0.2) is 13.2 Å². The summed E-state index contributed by atoms with van der Waals surface area (Å²) in [6.45, 7) is 4.96. The average Bonchev–Trinajstić information content (AvgIpc) is 2.68. The first-order valence-corrected chi connectivity index (χ1v) is 11.5. The zero-order chi connectivity index (χ0) is 19.5. The van der Waals surface area contributed by atoms with Crippen molar-refractivity contribution in [2.45, 2.75) is 45.3 Å². The molecule has 0 bridgehead atoms. The molecular weight excluding hydrogens is 381 g/mol. The summed E-state index contributed by atoms with van der Waals surface area (Å²) in [7, 11) is -3.45. The van der Waals surface area contributed by atoms with Gasteiger partial charge < -0.3 is 14.4 Å². The van der Waals surface area contributed by atoms with E-state index >= 15 is 0 Å². The van der Waals surface area contributed by atoms with Crippen molar-refractivity contribution in [3.63, 3.8) is 0 Å². The fourth-order valence-corrected chi connectivity index (χ4v) is 4.65. The number of halogens is 1. The molecule has 2 rings (SSSR count). The second-order valence-corrected chi connectivity index (χ2v) is 8.93. The summed E-state index contributed by atoms with van der Waals surface area (Å²) in [5.41, 5.74) is 1.68. The van der Waals surface area contributed by atoms with E-state index in [-0.39, 0.29) is 0 Å². The summed E-state index contributed by atoms with van der Waals surface area (Å²) < 4.78 is 25.6. The number of unbranched alkanes of at least 4 members (excludes halogenated alkanes) is 2. The van der Waals surface area contributed by atoms with Gasteiger partial charge in [-0.05, 0) is 42.7 Å². The van der Waals surface area contributed by atoms with Crippen LogP contribution in [0, 0.1) is 0 Å². The quantitative estimate of drug-likeness (QED) is 0.295. The second kappa shape index (κ2) is 11.5. The second-order valence-electron chi connectivity index (χ2n) is 6.38. The van der Waals surface area contributed by atoms with Crippen molar-refractivity contribution in [2.75, 3.05) is 18.5 Å². The fraction of sp³-hybridized carbons (Fsp3) is 0.429. The lowest BCUT2D eigenvalue weighted by Crippen LogP contribution is -2.16. The standard InChI is InChI=1S/C21H29ClNO3P/c1-3-5-16-25-27(24,26-17-6-4-2)21(18-12-14-19(22)15-13-18)23-20-10-8-7-9-11-20/h7-15,21,23H,3-6,16-17H2,1-2H3/t21-/m0/s1. The van der Waals surface area contributed by atoms with Crippen LogP contribution in [0.25, 0.3) is 0 Å². The van der Waals surface area contributed by atoms with E-state index in [9.17, 15) is 4.57 Å². The van der Waals surface area contributed by atoms with E-state index in [1.54, 1.807) is 12.1 Å². The van der Waals surface area contributed by atoms with Crippen LogP contribution in [0.3, 0.4) is 0 Å². The zero-order valence-corrected chi connectivity index (χ0v) is 17.7. The van der Waals surface area contributed by atoms with Gasteiger partial charge in [-0.1, -0.05) is 68.6 Å². The van der Waals surface area contributed by atoms with E-state index in [2.05, 4.69) is 19.2 Å². The van der Waals surface area contributed by atoms with Gasteiger partial charge in [-0.25, -0.2) is 0 Å². The molecule has 1 N–H and O–H groups in total. The molecule has 0 aliphatic heterocycles. The third-order valence-corrected chi connectivity index (χ3v) is 6.51. The Morgan fingerprint density at radius 1 is 0.926 bits per heavy atom. The van der Waals surface area contributed by atoms with Gasteiger partial charge in [0, 0.05) is 10.7 Å². The first-order chi connectivity index (χ1) is 13.1. The van der Waals surface area contributed by atoms with Gasteiger partial charge >= 0.3 is 7.60 Å². The van der Waals surface area contributed by atoms with Gasteiger partial charge in [0.1, 0.15) is 0 Å². The molecule has 0 saturated heterocycles. The molecule has 6 heteroatoms. The Labute approximate surface area is 167 Å². The number of nitrogens with one attached hydrogen (secondary N) is 1. The van der Waals surface area contributed by atoms with Gasteiger partial charge in [0.25, 0.3) is 0 Å². The Bertz CT molecular complexity index is 695. The molecule has 0 aromatic heterocycles. The highest BCUT2D eigenvalue weighted by Crippen LogP contribution is 2.61. The smallest absolute Gasteiger partial charge is 0.357 e. The minimum atomic E-state index is -3.45. The molecule has 0 fully saturated rings. The van der Waals surface area contributed by atoms with E-state index in [1.807, 2.05) is 42.5 Å². The lowest BCUT2D eigenvalue weighted by Gasteiger charge is -2.29. The van der Waals surface area contributed by atoms with Gasteiger partial charge in [-0.15, -0.1) is 0 Å². The molecule has 0 aliphatic rings. The Hall–Kier alpha value is -1.32. The van der Waals surface area contributed by atoms with Crippen LogP contribution in [0.4, 0.5) is 5.69 Å². The fourth-order valence-electron chi connectivity index (χ4n) is 2.54. The van der Waals surface area contributed by atoms with Crippen LogP contribution < -0.4 is 5.32 Å². The molecule has 0 radical (unpaired) electrons. The van der Waals surface area contributed by atoms with Crippen molar-refractivity contribution < 1.29 is 13.6 Å². The molecule has 27 heavy (non-hydrogen) atoms. The van der Waals surface area contributed by atoms with Gasteiger partial charge in [0.15, 0.2) is 5.78 Å². The lowest BCUT2D eigenvalue weighted by molar-refractivity contribution is 0.194. The SMILES string of the molecule is CCCCOP(=O)(OCCCC)[C@H](Nc1ccccc1)c1ccc(Cl)cc1. The van der Waals surface area contributed by atoms with E-state index in [1.165, 1.54) is 0 Å². The summed E-state index contributed by atoms with van der Waals surface area (Å²) in [5, 5.41) is 3.98. The Balaban J connectivity index is 2.34. The predicted molar refractivity (Wildman–Crippen MR) is 114 cm³/mol. The lowest BCUT2D eigenvalue weighted by atomic mass is 10.2. The monoisotopic (exact) mass is 409 g/mol. The molecule has 0 aliphatic carbocycles. The zero-order valence-electron chi connectivity index (χ0n) is 16.1. The molecule has 4 nitrogen and oxygen atoms in total. The summed E-state index contributed by atoms with van der Waals surface area (Å²) in [6, 6.07) is 17.0. The van der Waals surface area contributed by atoms with Crippen molar-refractivity contribution in [1.82, 2.24) is 0 Å². The topological polar surface area (TPSA) is 47.6 Å². The van der Waals surface area contributed by atoms with Crippen LogP contribution >= 0.6 is 19.2 Å². The van der Waals surface area contributed by atoms with E-state index in [4.69, 9.17) is 20.6 Å². The minimum Gasteiger partial charge on any atom is -0.368 e. The molecule has 0 saturated carbocycles. The molecular formula is C21H29ClNO3P. The number of hydrogen-bond acceptors (Lipinski definition) is 4. The van der Waals surface area contributed by atoms with E-state index in [0.717, 1.165) is 36.9 Å². The third-order valence-electron chi connectivity index (χ3n) is 4.12. The average molecular weight is 410 g/mol. The highest BCUT2D eigenvalue weighted by molar-refractivity contribution is 7.54. The maximum atomic E-state index is 13.8. The van der Waals surface area contributed by atoms with Crippen LogP contribution in [0.15, 0.2) is 54.6 Å². The first-order valence-electron chi connectivity index (χ1n) is 9.55. The summed E-state index contributed by atoms with van der Waals surface area (Å²) >= 11 is 6.04. The normalized spacial score (nSPS) is 12.7. The van der Waals surface area contributed by atoms with Crippen molar-refractivity contribution in [2.24, 2.45) is 0 Å². The van der Waals surface area contributed by atoms with Crippen LogP contribution in [0.5, 0.6) is 0 Å². The number of benzene rings is 2. The molecule has 1 atom stereocenters. The van der Waals surface area contributed by atoms with Crippen molar-refractivity contribution in [3.8, 4) is 0 Å². The van der Waals surface area contributed by atoms with Gasteiger partial charge in [-0.3, -0.25) is 4.57 Å². The van der Waals surface area contributed by atoms with Crippen molar-refractivity contribution in [3.05, 3.63) is 65.2 Å². The maximum absolute atomic E-state index is 13.8. The molecule has 148 valence electrons. The molecule has 2 aromatic carbocycles. The molecule has 0 spiro atoms. The van der Waals surface area contributed by atoms with E-state index < -0.39 is 13.4 Å². The molecule has 0 unspecified atom stereocenters. The minimum absolute atomic E-state index is 0.403. The Morgan fingerprint density at radius 2 is 1.48 bits per heavy atom. The Kier molecular flexibility index (Phi) is 9.36. The molecule has 0 heterocycles. The number of anilines is 1. The highest BCUT2D eigenvalue weighted by Gasteiger charge is 2.37. The summed E-state index contributed by atoms with van der Waals surface area (Å²) in [6.07, 6.45) is 3.60. The number of hydrogen-bond donors (Lipinski definition) is 1. The van der Waals surface area contributed by atoms with Gasteiger partial charge in [-0.2, -0.15) is 0 Å². The summed E-state index contributed by atoms with van der Waals surface area (Å²) in [5.74, 6) is -0.606. The van der Waals surface area contributed by atoms with Crippen molar-refractivity contribution in [1.29, 1.82) is 0 Å². The van der Waals surface area contributed by atoms with Gasteiger partial charge in [0.05, 0.1) is 13.2 Å². The molecule has 0 amide bonds. The number of para-hydroxylation sites is 1. The highest BCUT2D eigenvalue weighted by atomic mass is 35.5. The van der Waals surface area contributed by atoms with Crippen LogP contribution in [0.1, 0.15) is 50.9 Å². The third kappa shape index (κ3) is 6.97. The van der Waals surface area contributed by atoms with Crippen LogP contribution in [-0.2, 0) is 13.6 Å². The molecule has 2 aromatic rings. The first kappa shape index (κ1) is 22.0. The van der Waals surface area contributed by atoms with E-state index in [0.29, 0.717) is 18.2 Å². The number of rotatable bonds is 12. The predicted octanol–water partition coefficient (Wildman–Crippen LogP) is 7.28. The maximum Gasteiger partial charge on any atom is 0.357 e. The van der Waals surface area contributed by atoms with Gasteiger partial charge in [0.2, 0.25) is 0 Å². The Morgan fingerprint density at radius 3 is 2.00 bits per heavy atom. The van der Waals surface area contributed by atoms with Crippen LogP contribution in [0.2, 0.25) is 5.02 Å².